The molecule has 0 bridgehead atoms. The maximum absolute atomic E-state index is 13.7. The van der Waals surface area contributed by atoms with Gasteiger partial charge in [-0.2, -0.15) is 0 Å². The highest BCUT2D eigenvalue weighted by molar-refractivity contribution is 5.99. The number of aryl methyl sites for hydroxylation is 1. The van der Waals surface area contributed by atoms with Crippen molar-refractivity contribution in [1.29, 1.82) is 0 Å². The summed E-state index contributed by atoms with van der Waals surface area (Å²) in [4.78, 5) is 16.6. The van der Waals surface area contributed by atoms with Gasteiger partial charge in [-0.15, -0.1) is 0 Å². The fourth-order valence-electron chi connectivity index (χ4n) is 3.63. The zero-order chi connectivity index (χ0) is 21.3. The summed E-state index contributed by atoms with van der Waals surface area (Å²) in [6.45, 7) is 5.37. The first kappa shape index (κ1) is 19.8. The van der Waals surface area contributed by atoms with Gasteiger partial charge in [0.2, 0.25) is 0 Å². The molecule has 7 heteroatoms. The summed E-state index contributed by atoms with van der Waals surface area (Å²) in [5, 5.41) is 7.97. The molecule has 0 saturated carbocycles. The first-order valence-electron chi connectivity index (χ1n) is 9.77. The molecular weight excluding hydrogens is 383 g/mol. The standard InChI is InChI=1S/C23H23FN4O2/c1-4-25-13-20-21(18-8-6-16(24)11-14(18)2)27-22-19-12-17(26-23(29)30-3)7-5-15(19)9-10-28(20)22/h5-12,25H,4,13H2,1-3H3,(H,26,29). The second kappa shape index (κ2) is 8.12. The smallest absolute Gasteiger partial charge is 0.411 e. The molecule has 0 spiro atoms. The number of carbonyl (C=O) groups is 1. The lowest BCUT2D eigenvalue weighted by molar-refractivity contribution is 0.187. The molecular formula is C23H23FN4O2. The molecule has 0 fully saturated rings. The Labute approximate surface area is 173 Å². The number of pyridine rings is 1. The first-order chi connectivity index (χ1) is 14.5. The molecule has 0 aliphatic carbocycles. The zero-order valence-electron chi connectivity index (χ0n) is 17.1. The highest BCUT2D eigenvalue weighted by atomic mass is 19.1. The number of carbonyl (C=O) groups excluding carboxylic acids is 1. The number of nitrogens with zero attached hydrogens (tertiary/aromatic N) is 2. The van der Waals surface area contributed by atoms with Crippen LogP contribution in [0.15, 0.2) is 48.7 Å². The Morgan fingerprint density at radius 2 is 2.03 bits per heavy atom. The number of amides is 1. The Morgan fingerprint density at radius 1 is 1.20 bits per heavy atom. The van der Waals surface area contributed by atoms with Crippen LogP contribution < -0.4 is 10.6 Å². The van der Waals surface area contributed by atoms with E-state index in [1.165, 1.54) is 19.2 Å². The average molecular weight is 406 g/mol. The summed E-state index contributed by atoms with van der Waals surface area (Å²) < 4.78 is 20.4. The highest BCUT2D eigenvalue weighted by Crippen LogP contribution is 2.31. The number of fused-ring (bicyclic) bond motifs is 3. The van der Waals surface area contributed by atoms with Gasteiger partial charge in [0, 0.05) is 29.4 Å². The van der Waals surface area contributed by atoms with Crippen LogP contribution in [-0.2, 0) is 11.3 Å². The van der Waals surface area contributed by atoms with E-state index in [1.807, 2.05) is 48.7 Å². The van der Waals surface area contributed by atoms with Crippen LogP contribution in [0.2, 0.25) is 0 Å². The fourth-order valence-corrected chi connectivity index (χ4v) is 3.63. The molecule has 6 nitrogen and oxygen atoms in total. The number of aromatic nitrogens is 2. The van der Waals surface area contributed by atoms with E-state index in [1.54, 1.807) is 6.07 Å². The van der Waals surface area contributed by atoms with Gasteiger partial charge < -0.3 is 14.5 Å². The molecule has 0 radical (unpaired) electrons. The van der Waals surface area contributed by atoms with Crippen LogP contribution in [0.3, 0.4) is 0 Å². The van der Waals surface area contributed by atoms with E-state index < -0.39 is 6.09 Å². The maximum atomic E-state index is 13.7. The minimum absolute atomic E-state index is 0.266. The van der Waals surface area contributed by atoms with Gasteiger partial charge >= 0.3 is 6.09 Å². The van der Waals surface area contributed by atoms with E-state index in [9.17, 15) is 9.18 Å². The minimum Gasteiger partial charge on any atom is -0.453 e. The Morgan fingerprint density at radius 3 is 2.77 bits per heavy atom. The summed E-state index contributed by atoms with van der Waals surface area (Å²) in [5.41, 5.74) is 4.92. The first-order valence-corrected chi connectivity index (χ1v) is 9.77. The average Bonchev–Trinajstić information content (AvgIpc) is 3.10. The highest BCUT2D eigenvalue weighted by Gasteiger charge is 2.18. The van der Waals surface area contributed by atoms with Gasteiger partial charge in [0.25, 0.3) is 0 Å². The van der Waals surface area contributed by atoms with Crippen LogP contribution in [0.1, 0.15) is 18.2 Å². The minimum atomic E-state index is -0.528. The SMILES string of the molecule is CCNCc1c(-c2ccc(F)cc2C)nc2c3cc(NC(=O)OC)ccc3ccn12. The molecule has 0 aliphatic rings. The number of hydrogen-bond donors (Lipinski definition) is 2. The monoisotopic (exact) mass is 406 g/mol. The number of methoxy groups -OCH3 is 1. The van der Waals surface area contributed by atoms with Gasteiger partial charge in [-0.1, -0.05) is 13.0 Å². The summed E-state index contributed by atoms with van der Waals surface area (Å²) in [6.07, 6.45) is 1.47. The van der Waals surface area contributed by atoms with Gasteiger partial charge in [0.1, 0.15) is 11.5 Å². The Hall–Kier alpha value is -3.45. The van der Waals surface area contributed by atoms with Crippen LogP contribution in [-0.4, -0.2) is 29.1 Å². The molecule has 2 heterocycles. The van der Waals surface area contributed by atoms with Crippen molar-refractivity contribution in [3.8, 4) is 11.3 Å². The molecule has 2 N–H and O–H groups in total. The maximum Gasteiger partial charge on any atom is 0.411 e. The van der Waals surface area contributed by atoms with E-state index in [0.717, 1.165) is 45.5 Å². The van der Waals surface area contributed by atoms with Crippen LogP contribution >= 0.6 is 0 Å². The molecule has 4 aromatic rings. The lowest BCUT2D eigenvalue weighted by Crippen LogP contribution is -2.14. The number of imidazole rings is 1. The normalized spacial score (nSPS) is 11.2. The van der Waals surface area contributed by atoms with Crippen molar-refractivity contribution < 1.29 is 13.9 Å². The predicted molar refractivity (Wildman–Crippen MR) is 116 cm³/mol. The van der Waals surface area contributed by atoms with Gasteiger partial charge in [-0.3, -0.25) is 5.32 Å². The third kappa shape index (κ3) is 3.59. The van der Waals surface area contributed by atoms with E-state index in [0.29, 0.717) is 12.2 Å². The number of rotatable bonds is 5. The number of hydrogen-bond acceptors (Lipinski definition) is 4. The van der Waals surface area contributed by atoms with Crippen molar-refractivity contribution in [1.82, 2.24) is 14.7 Å². The van der Waals surface area contributed by atoms with Crippen molar-refractivity contribution >= 4 is 28.2 Å². The van der Waals surface area contributed by atoms with Gasteiger partial charge in [0.05, 0.1) is 18.5 Å². The lowest BCUT2D eigenvalue weighted by atomic mass is 10.0. The largest absolute Gasteiger partial charge is 0.453 e. The van der Waals surface area contributed by atoms with Gasteiger partial charge in [0.15, 0.2) is 0 Å². The second-order valence-corrected chi connectivity index (χ2v) is 7.07. The molecule has 30 heavy (non-hydrogen) atoms. The summed E-state index contributed by atoms with van der Waals surface area (Å²) in [6, 6.07) is 12.4. The van der Waals surface area contributed by atoms with Crippen molar-refractivity contribution in [3.05, 3.63) is 65.7 Å². The second-order valence-electron chi connectivity index (χ2n) is 7.07. The van der Waals surface area contributed by atoms with Gasteiger partial charge in [-0.05, 0) is 60.8 Å². The third-order valence-electron chi connectivity index (χ3n) is 5.13. The third-order valence-corrected chi connectivity index (χ3v) is 5.13. The van der Waals surface area contributed by atoms with Crippen molar-refractivity contribution in [3.63, 3.8) is 0 Å². The van der Waals surface area contributed by atoms with E-state index in [-0.39, 0.29) is 5.82 Å². The van der Waals surface area contributed by atoms with E-state index in [4.69, 9.17) is 9.72 Å². The summed E-state index contributed by atoms with van der Waals surface area (Å²) in [5.74, 6) is -0.266. The van der Waals surface area contributed by atoms with Gasteiger partial charge in [-0.25, -0.2) is 14.2 Å². The van der Waals surface area contributed by atoms with Crippen LogP contribution in [0.5, 0.6) is 0 Å². The van der Waals surface area contributed by atoms with E-state index in [2.05, 4.69) is 10.6 Å². The molecule has 2 aromatic carbocycles. The Balaban J connectivity index is 1.95. The number of benzene rings is 2. The summed E-state index contributed by atoms with van der Waals surface area (Å²) >= 11 is 0. The molecule has 0 aliphatic heterocycles. The Kier molecular flexibility index (Phi) is 5.37. The van der Waals surface area contributed by atoms with Crippen molar-refractivity contribution in [2.45, 2.75) is 20.4 Å². The topological polar surface area (TPSA) is 67.7 Å². The number of halogens is 1. The van der Waals surface area contributed by atoms with E-state index >= 15 is 0 Å². The molecule has 154 valence electrons. The number of nitrogens with one attached hydrogen (secondary N) is 2. The molecule has 0 saturated heterocycles. The zero-order valence-corrected chi connectivity index (χ0v) is 17.1. The van der Waals surface area contributed by atoms with Crippen molar-refractivity contribution in [2.24, 2.45) is 0 Å². The summed E-state index contributed by atoms with van der Waals surface area (Å²) in [7, 11) is 1.33. The van der Waals surface area contributed by atoms with Crippen LogP contribution in [0.4, 0.5) is 14.9 Å². The Bertz CT molecular complexity index is 1250. The lowest BCUT2D eigenvalue weighted by Gasteiger charge is -2.09. The quantitative estimate of drug-likeness (QED) is 0.495. The van der Waals surface area contributed by atoms with Crippen LogP contribution in [0, 0.1) is 12.7 Å². The molecule has 0 unspecified atom stereocenters. The number of ether oxygens (including phenoxy) is 1. The fraction of sp³-hybridized carbons (Fsp3) is 0.217. The predicted octanol–water partition coefficient (Wildman–Crippen LogP) is 4.89. The molecule has 0 atom stereocenters. The van der Waals surface area contributed by atoms with Crippen LogP contribution in [0.25, 0.3) is 27.7 Å². The molecule has 4 rings (SSSR count). The van der Waals surface area contributed by atoms with Crippen molar-refractivity contribution in [2.75, 3.05) is 19.0 Å². The molecule has 1 amide bonds. The molecule has 2 aromatic heterocycles. The number of anilines is 1.